The third-order valence-corrected chi connectivity index (χ3v) is 3.20. The molecular weight excluding hydrogens is 184 g/mol. The molecule has 0 aliphatic heterocycles. The normalized spacial score (nSPS) is 11.5. The van der Waals surface area contributed by atoms with E-state index in [0.717, 1.165) is 0 Å². The molecule has 0 bridgehead atoms. The van der Waals surface area contributed by atoms with E-state index < -0.39 is 0 Å². The first-order valence-electron chi connectivity index (χ1n) is 5.71. The second-order valence-electron chi connectivity index (χ2n) is 4.05. The Bertz CT molecular complexity index is 453. The fourth-order valence-corrected chi connectivity index (χ4v) is 2.20. The van der Waals surface area contributed by atoms with Gasteiger partial charge in [-0.15, -0.1) is 0 Å². The van der Waals surface area contributed by atoms with Crippen molar-refractivity contribution in [2.45, 2.75) is 39.5 Å². The van der Waals surface area contributed by atoms with E-state index in [0.29, 0.717) is 5.92 Å². The zero-order chi connectivity index (χ0) is 10.8. The van der Waals surface area contributed by atoms with Gasteiger partial charge in [-0.05, 0) is 37.5 Å². The van der Waals surface area contributed by atoms with Crippen LogP contribution in [0, 0.1) is 6.92 Å². The maximum absolute atomic E-state index is 4.67. The largest absolute Gasteiger partial charge is 0.240 e. The Morgan fingerprint density at radius 3 is 2.60 bits per heavy atom. The molecule has 0 saturated heterocycles. The number of rotatable bonds is 3. The molecule has 2 heteroatoms. The molecule has 0 spiro atoms. The van der Waals surface area contributed by atoms with Crippen molar-refractivity contribution in [3.8, 4) is 0 Å². The second-order valence-corrected chi connectivity index (χ2v) is 4.05. The van der Waals surface area contributed by atoms with E-state index in [-0.39, 0.29) is 0 Å². The fourth-order valence-electron chi connectivity index (χ4n) is 2.20. The molecule has 2 rings (SSSR count). The van der Waals surface area contributed by atoms with Gasteiger partial charge in [-0.3, -0.25) is 0 Å². The zero-order valence-electron chi connectivity index (χ0n) is 9.70. The summed E-state index contributed by atoms with van der Waals surface area (Å²) in [7, 11) is 0. The highest BCUT2D eigenvalue weighted by Crippen LogP contribution is 2.26. The Morgan fingerprint density at radius 1 is 1.27 bits per heavy atom. The van der Waals surface area contributed by atoms with Gasteiger partial charge < -0.3 is 0 Å². The van der Waals surface area contributed by atoms with Crippen LogP contribution in [0.1, 0.15) is 43.9 Å². The molecule has 80 valence electrons. The number of nitrogens with zero attached hydrogens (tertiary/aromatic N) is 2. The molecule has 2 heterocycles. The number of aromatic nitrogens is 2. The van der Waals surface area contributed by atoms with Crippen molar-refractivity contribution in [2.75, 3.05) is 0 Å². The first-order chi connectivity index (χ1) is 7.27. The molecule has 2 aromatic heterocycles. The van der Waals surface area contributed by atoms with E-state index in [1.807, 2.05) is 16.8 Å². The van der Waals surface area contributed by atoms with Crippen molar-refractivity contribution in [1.82, 2.24) is 9.61 Å². The number of hydrogen-bond donors (Lipinski definition) is 0. The van der Waals surface area contributed by atoms with Crippen molar-refractivity contribution in [3.63, 3.8) is 0 Å². The summed E-state index contributed by atoms with van der Waals surface area (Å²) in [5.41, 5.74) is 3.84. The van der Waals surface area contributed by atoms with Crippen molar-refractivity contribution < 1.29 is 0 Å². The molecule has 2 nitrogen and oxygen atoms in total. The van der Waals surface area contributed by atoms with Gasteiger partial charge in [-0.25, -0.2) is 4.52 Å². The van der Waals surface area contributed by atoms with E-state index in [2.05, 4.69) is 38.0 Å². The Labute approximate surface area is 90.9 Å². The number of hydrogen-bond acceptors (Lipinski definition) is 1. The molecule has 0 amide bonds. The summed E-state index contributed by atoms with van der Waals surface area (Å²) in [6.45, 7) is 6.64. The molecule has 0 saturated carbocycles. The third kappa shape index (κ3) is 1.65. The van der Waals surface area contributed by atoms with Gasteiger partial charge in [0.25, 0.3) is 0 Å². The van der Waals surface area contributed by atoms with Crippen molar-refractivity contribution in [3.05, 3.63) is 35.7 Å². The van der Waals surface area contributed by atoms with E-state index >= 15 is 0 Å². The fraction of sp³-hybridized carbons (Fsp3) is 0.462. The average molecular weight is 202 g/mol. The molecule has 0 radical (unpaired) electrons. The smallest absolute Gasteiger partial charge is 0.0694 e. The first-order valence-corrected chi connectivity index (χ1v) is 5.71. The summed E-state index contributed by atoms with van der Waals surface area (Å²) in [4.78, 5) is 0. The van der Waals surface area contributed by atoms with Crippen LogP contribution in [0.25, 0.3) is 5.52 Å². The van der Waals surface area contributed by atoms with Gasteiger partial charge in [0, 0.05) is 12.1 Å². The lowest BCUT2D eigenvalue weighted by Crippen LogP contribution is -1.98. The molecule has 0 fully saturated rings. The van der Waals surface area contributed by atoms with Crippen LogP contribution in [0.15, 0.2) is 24.4 Å². The van der Waals surface area contributed by atoms with Gasteiger partial charge in [0.1, 0.15) is 0 Å². The van der Waals surface area contributed by atoms with Crippen molar-refractivity contribution >= 4 is 5.52 Å². The summed E-state index contributed by atoms with van der Waals surface area (Å²) < 4.78 is 1.99. The van der Waals surface area contributed by atoms with E-state index in [1.165, 1.54) is 29.6 Å². The highest BCUT2D eigenvalue weighted by molar-refractivity contribution is 5.56. The van der Waals surface area contributed by atoms with Crippen LogP contribution >= 0.6 is 0 Å². The van der Waals surface area contributed by atoms with Gasteiger partial charge in [0.2, 0.25) is 0 Å². The Kier molecular flexibility index (Phi) is 2.76. The molecule has 2 aromatic rings. The van der Waals surface area contributed by atoms with Crippen molar-refractivity contribution in [1.29, 1.82) is 0 Å². The summed E-state index contributed by atoms with van der Waals surface area (Å²) >= 11 is 0. The maximum Gasteiger partial charge on any atom is 0.0694 e. The molecule has 0 aliphatic rings. The van der Waals surface area contributed by atoms with Gasteiger partial charge in [0.15, 0.2) is 0 Å². The minimum absolute atomic E-state index is 0.602. The lowest BCUT2D eigenvalue weighted by Gasteiger charge is -2.09. The number of aryl methyl sites for hydroxylation is 1. The summed E-state index contributed by atoms with van der Waals surface area (Å²) in [5.74, 6) is 0.602. The molecule has 0 N–H and O–H groups in total. The first kappa shape index (κ1) is 10.2. The summed E-state index contributed by atoms with van der Waals surface area (Å²) in [6.07, 6.45) is 4.36. The maximum atomic E-state index is 4.67. The van der Waals surface area contributed by atoms with Gasteiger partial charge in [-0.1, -0.05) is 19.9 Å². The zero-order valence-corrected chi connectivity index (χ0v) is 9.70. The Morgan fingerprint density at radius 2 is 2.00 bits per heavy atom. The third-order valence-electron chi connectivity index (χ3n) is 3.20. The Hall–Kier alpha value is -1.31. The molecular formula is C13H18N2. The van der Waals surface area contributed by atoms with E-state index in [9.17, 15) is 0 Å². The van der Waals surface area contributed by atoms with Crippen LogP contribution in [-0.2, 0) is 0 Å². The topological polar surface area (TPSA) is 17.3 Å². The molecule has 0 unspecified atom stereocenters. The van der Waals surface area contributed by atoms with Crippen LogP contribution in [-0.4, -0.2) is 9.61 Å². The highest BCUT2D eigenvalue weighted by atomic mass is 15.2. The molecule has 0 atom stereocenters. The van der Waals surface area contributed by atoms with Crippen LogP contribution in [0.3, 0.4) is 0 Å². The lowest BCUT2D eigenvalue weighted by atomic mass is 9.96. The predicted molar refractivity (Wildman–Crippen MR) is 63.3 cm³/mol. The number of fused-ring (bicyclic) bond motifs is 1. The van der Waals surface area contributed by atoms with Gasteiger partial charge >= 0.3 is 0 Å². The minimum Gasteiger partial charge on any atom is -0.240 e. The lowest BCUT2D eigenvalue weighted by molar-refractivity contribution is 0.613. The van der Waals surface area contributed by atoms with Crippen LogP contribution in [0.5, 0.6) is 0 Å². The summed E-state index contributed by atoms with van der Waals surface area (Å²) in [6, 6.07) is 6.23. The van der Waals surface area contributed by atoms with Crippen molar-refractivity contribution in [2.24, 2.45) is 0 Å². The molecule has 15 heavy (non-hydrogen) atoms. The SMILES string of the molecule is CCC(CC)c1nn2ccccc2c1C. The van der Waals surface area contributed by atoms with Gasteiger partial charge in [-0.2, -0.15) is 5.10 Å². The molecule has 0 aliphatic carbocycles. The highest BCUT2D eigenvalue weighted by Gasteiger charge is 2.15. The van der Waals surface area contributed by atoms with Crippen LogP contribution in [0.4, 0.5) is 0 Å². The minimum atomic E-state index is 0.602. The second kappa shape index (κ2) is 4.05. The quantitative estimate of drug-likeness (QED) is 0.744. The molecule has 0 aromatic carbocycles. The van der Waals surface area contributed by atoms with Crippen LogP contribution in [0.2, 0.25) is 0 Å². The monoisotopic (exact) mass is 202 g/mol. The van der Waals surface area contributed by atoms with E-state index in [1.54, 1.807) is 0 Å². The predicted octanol–water partition coefficient (Wildman–Crippen LogP) is 3.55. The average Bonchev–Trinajstić information content (AvgIpc) is 2.60. The van der Waals surface area contributed by atoms with E-state index in [4.69, 9.17) is 0 Å². The standard InChI is InChI=1S/C13H18N2/c1-4-11(5-2)13-10(3)12-8-6-7-9-15(12)14-13/h6-9,11H,4-5H2,1-3H3. The Balaban J connectivity index is 2.57. The summed E-state index contributed by atoms with van der Waals surface area (Å²) in [5, 5.41) is 4.67. The van der Waals surface area contributed by atoms with Gasteiger partial charge in [0.05, 0.1) is 11.2 Å². The van der Waals surface area contributed by atoms with Crippen LogP contribution < -0.4 is 0 Å². The number of pyridine rings is 1.